The topological polar surface area (TPSA) is 58.0 Å². The van der Waals surface area contributed by atoms with E-state index >= 15 is 0 Å². The molecule has 0 spiro atoms. The number of hydrogen-bond donors (Lipinski definition) is 0. The van der Waals surface area contributed by atoms with Crippen molar-refractivity contribution in [2.75, 3.05) is 0 Å². The van der Waals surface area contributed by atoms with Crippen molar-refractivity contribution in [2.45, 2.75) is 26.2 Å². The van der Waals surface area contributed by atoms with Crippen molar-refractivity contribution in [3.8, 4) is 23.0 Å². The van der Waals surface area contributed by atoms with Crippen molar-refractivity contribution >= 4 is 0 Å². The largest absolute Gasteiger partial charge is 1.00 e. The van der Waals surface area contributed by atoms with E-state index in [1.165, 1.54) is 0 Å². The van der Waals surface area contributed by atoms with Crippen LogP contribution in [0.25, 0.3) is 17.1 Å². The summed E-state index contributed by atoms with van der Waals surface area (Å²) in [5.74, 6) is -0.0310. The van der Waals surface area contributed by atoms with E-state index in [0.717, 1.165) is 18.4 Å². The van der Waals surface area contributed by atoms with E-state index in [9.17, 15) is 9.90 Å². The van der Waals surface area contributed by atoms with Crippen molar-refractivity contribution in [2.24, 2.45) is 0 Å². The molecule has 4 nitrogen and oxygen atoms in total. The molecule has 0 aliphatic heterocycles. The van der Waals surface area contributed by atoms with E-state index in [4.69, 9.17) is 0 Å². The second kappa shape index (κ2) is 8.99. The Balaban J connectivity index is 0.00000225. The molecule has 0 amide bonds. The Bertz CT molecular complexity index is 877. The van der Waals surface area contributed by atoms with Crippen LogP contribution in [0.4, 0.5) is 0 Å². The number of benzene rings is 2. The molecule has 1 aromatic heterocycles. The molecule has 0 bridgehead atoms. The number of nitrogens with zero attached hydrogens (tertiary/aromatic N) is 2. The van der Waals surface area contributed by atoms with Gasteiger partial charge in [-0.25, -0.2) is 4.98 Å². The van der Waals surface area contributed by atoms with Gasteiger partial charge in [-0.3, -0.25) is 9.36 Å². The number of hydrogen-bond acceptors (Lipinski definition) is 3. The fourth-order valence-corrected chi connectivity index (χ4v) is 2.70. The number of rotatable bonds is 5. The molecule has 122 valence electrons. The Morgan fingerprint density at radius 2 is 1.60 bits per heavy atom. The van der Waals surface area contributed by atoms with Crippen molar-refractivity contribution in [3.63, 3.8) is 0 Å². The van der Waals surface area contributed by atoms with E-state index in [0.29, 0.717) is 17.9 Å². The minimum absolute atomic E-state index is 0. The molecule has 0 aliphatic carbocycles. The number of unbranched alkanes of at least 4 members (excludes halogenated alkanes) is 1. The summed E-state index contributed by atoms with van der Waals surface area (Å²) in [5.41, 5.74) is 1.46. The molecule has 3 rings (SSSR count). The third-order valence-electron chi connectivity index (χ3n) is 3.97. The molecule has 0 atom stereocenters. The molecular formula is C20H19N2NaO2. The summed E-state index contributed by atoms with van der Waals surface area (Å²) in [7, 11) is 0. The Hall–Kier alpha value is -1.88. The Labute approximate surface area is 169 Å². The van der Waals surface area contributed by atoms with Crippen LogP contribution in [0.15, 0.2) is 65.5 Å². The average Bonchev–Trinajstić information content (AvgIpc) is 2.62. The van der Waals surface area contributed by atoms with Gasteiger partial charge in [-0.2, -0.15) is 0 Å². The van der Waals surface area contributed by atoms with Gasteiger partial charge in [0.25, 0.3) is 5.56 Å². The van der Waals surface area contributed by atoms with Gasteiger partial charge in [0.1, 0.15) is 5.82 Å². The first-order valence-corrected chi connectivity index (χ1v) is 8.16. The predicted octanol–water partition coefficient (Wildman–Crippen LogP) is 0.320. The first kappa shape index (κ1) is 19.4. The van der Waals surface area contributed by atoms with Crippen LogP contribution >= 0.6 is 0 Å². The number of aromatic nitrogens is 2. The molecular weight excluding hydrogens is 323 g/mol. The van der Waals surface area contributed by atoms with Crippen LogP contribution in [0.2, 0.25) is 0 Å². The molecule has 25 heavy (non-hydrogen) atoms. The van der Waals surface area contributed by atoms with E-state index in [1.54, 1.807) is 4.57 Å². The van der Waals surface area contributed by atoms with Crippen LogP contribution < -0.4 is 40.2 Å². The minimum Gasteiger partial charge on any atom is -0.858 e. The first-order chi connectivity index (χ1) is 11.7. The molecule has 0 saturated carbocycles. The molecule has 0 saturated heterocycles. The number of para-hydroxylation sites is 1. The van der Waals surface area contributed by atoms with Gasteiger partial charge in [0, 0.05) is 11.1 Å². The molecule has 0 unspecified atom stereocenters. The SMILES string of the molecule is CCCCc1c([O-])nc(-c2ccccc2)n(-c2ccccc2)c1=O.[Na+]. The molecule has 2 aromatic carbocycles. The van der Waals surface area contributed by atoms with Gasteiger partial charge in [-0.05, 0) is 30.9 Å². The molecule has 0 N–H and O–H groups in total. The van der Waals surface area contributed by atoms with E-state index in [2.05, 4.69) is 4.98 Å². The zero-order valence-electron chi connectivity index (χ0n) is 14.6. The minimum atomic E-state index is -0.417. The molecule has 0 aliphatic rings. The van der Waals surface area contributed by atoms with Crippen LogP contribution in [0.1, 0.15) is 25.3 Å². The monoisotopic (exact) mass is 342 g/mol. The molecule has 3 aromatic rings. The quantitative estimate of drug-likeness (QED) is 0.628. The molecule has 0 fully saturated rings. The van der Waals surface area contributed by atoms with Crippen LogP contribution in [-0.4, -0.2) is 9.55 Å². The zero-order chi connectivity index (χ0) is 16.9. The van der Waals surface area contributed by atoms with Crippen molar-refractivity contribution in [1.82, 2.24) is 9.55 Å². The second-order valence-corrected chi connectivity index (χ2v) is 5.66. The van der Waals surface area contributed by atoms with Gasteiger partial charge >= 0.3 is 29.6 Å². The molecule has 0 radical (unpaired) electrons. The normalized spacial score (nSPS) is 10.3. The molecule has 5 heteroatoms. The summed E-state index contributed by atoms with van der Waals surface area (Å²) >= 11 is 0. The zero-order valence-corrected chi connectivity index (χ0v) is 16.6. The summed E-state index contributed by atoms with van der Waals surface area (Å²) in [5, 5.41) is 12.4. The smallest absolute Gasteiger partial charge is 0.858 e. The average molecular weight is 342 g/mol. The van der Waals surface area contributed by atoms with Crippen molar-refractivity contribution in [1.29, 1.82) is 0 Å². The summed E-state index contributed by atoms with van der Waals surface area (Å²) < 4.78 is 1.54. The van der Waals surface area contributed by atoms with E-state index in [1.807, 2.05) is 67.6 Å². The van der Waals surface area contributed by atoms with E-state index < -0.39 is 5.88 Å². The summed E-state index contributed by atoms with van der Waals surface area (Å²) in [6.07, 6.45) is 2.18. The van der Waals surface area contributed by atoms with Gasteiger partial charge in [0.2, 0.25) is 0 Å². The maximum absolute atomic E-state index is 13.0. The first-order valence-electron chi connectivity index (χ1n) is 8.16. The summed E-state index contributed by atoms with van der Waals surface area (Å²) in [6.45, 7) is 2.03. The summed E-state index contributed by atoms with van der Waals surface area (Å²) in [4.78, 5) is 17.3. The van der Waals surface area contributed by atoms with Gasteiger partial charge in [-0.15, -0.1) is 0 Å². The van der Waals surface area contributed by atoms with Crippen molar-refractivity contribution in [3.05, 3.63) is 76.6 Å². The fourth-order valence-electron chi connectivity index (χ4n) is 2.70. The van der Waals surface area contributed by atoms with Crippen LogP contribution in [0.5, 0.6) is 5.88 Å². The fraction of sp³-hybridized carbons (Fsp3) is 0.200. The van der Waals surface area contributed by atoms with Gasteiger partial charge in [0.15, 0.2) is 0 Å². The van der Waals surface area contributed by atoms with Crippen LogP contribution in [0, 0.1) is 0 Å². The maximum atomic E-state index is 13.0. The van der Waals surface area contributed by atoms with Crippen LogP contribution in [-0.2, 0) is 6.42 Å². The maximum Gasteiger partial charge on any atom is 1.00 e. The standard InChI is InChI=1S/C20H20N2O2.Na/c1-2-3-14-17-19(23)21-18(15-10-6-4-7-11-15)22(20(17)24)16-12-8-5-9-13-16;/h4-13,23H,2-3,14H2,1H3;/q;+1/p-1. The Morgan fingerprint density at radius 3 is 2.20 bits per heavy atom. The Kier molecular flexibility index (Phi) is 7.00. The van der Waals surface area contributed by atoms with Gasteiger partial charge in [-0.1, -0.05) is 61.9 Å². The second-order valence-electron chi connectivity index (χ2n) is 5.66. The van der Waals surface area contributed by atoms with Gasteiger partial charge < -0.3 is 5.11 Å². The summed E-state index contributed by atoms with van der Waals surface area (Å²) in [6, 6.07) is 18.7. The third kappa shape index (κ3) is 4.21. The third-order valence-corrected chi connectivity index (χ3v) is 3.97. The van der Waals surface area contributed by atoms with Gasteiger partial charge in [0.05, 0.1) is 5.69 Å². The Morgan fingerprint density at radius 1 is 1.00 bits per heavy atom. The van der Waals surface area contributed by atoms with Crippen LogP contribution in [0.3, 0.4) is 0 Å². The van der Waals surface area contributed by atoms with Crippen molar-refractivity contribution < 1.29 is 34.7 Å². The molecule has 1 heterocycles. The predicted molar refractivity (Wildman–Crippen MR) is 93.3 cm³/mol. The van der Waals surface area contributed by atoms with E-state index in [-0.39, 0.29) is 40.7 Å².